The molecule has 2 aromatic carbocycles. The first-order valence-corrected chi connectivity index (χ1v) is 10.6. The van der Waals surface area contributed by atoms with Crippen LogP contribution in [0.15, 0.2) is 66.1 Å². The van der Waals surface area contributed by atoms with Crippen LogP contribution in [0.3, 0.4) is 0 Å². The van der Waals surface area contributed by atoms with E-state index in [-0.39, 0.29) is 18.3 Å². The van der Waals surface area contributed by atoms with Crippen LogP contribution in [0.2, 0.25) is 0 Å². The van der Waals surface area contributed by atoms with Crippen molar-refractivity contribution in [1.82, 2.24) is 0 Å². The molecule has 7 heteroatoms. The van der Waals surface area contributed by atoms with Crippen LogP contribution in [0.4, 0.5) is 5.69 Å². The molecular formula is C24H23NO5S. The lowest BCUT2D eigenvalue weighted by Gasteiger charge is -2.13. The summed E-state index contributed by atoms with van der Waals surface area (Å²) in [7, 11) is 1.54. The molecule has 0 aliphatic carbocycles. The van der Waals surface area contributed by atoms with Crippen molar-refractivity contribution in [2.45, 2.75) is 6.92 Å². The predicted molar refractivity (Wildman–Crippen MR) is 122 cm³/mol. The molecule has 1 heterocycles. The molecule has 0 saturated carbocycles. The van der Waals surface area contributed by atoms with E-state index < -0.39 is 0 Å². The number of nitrogens with one attached hydrogen (secondary N) is 1. The molecule has 1 amide bonds. The smallest absolute Gasteiger partial charge is 0.262 e. The van der Waals surface area contributed by atoms with Crippen molar-refractivity contribution in [2.24, 2.45) is 0 Å². The monoisotopic (exact) mass is 437 g/mol. The molecule has 0 atom stereocenters. The Labute approximate surface area is 185 Å². The molecule has 0 spiro atoms. The summed E-state index contributed by atoms with van der Waals surface area (Å²) in [6, 6.07) is 16.1. The highest BCUT2D eigenvalue weighted by Gasteiger charge is 2.11. The van der Waals surface area contributed by atoms with E-state index in [0.29, 0.717) is 34.4 Å². The Balaban J connectivity index is 1.65. The first kappa shape index (κ1) is 22.1. The van der Waals surface area contributed by atoms with Gasteiger partial charge < -0.3 is 19.5 Å². The maximum atomic E-state index is 12.3. The Bertz CT molecular complexity index is 1060. The number of carbonyl (C=O) groups is 2. The lowest BCUT2D eigenvalue weighted by molar-refractivity contribution is -0.118. The molecule has 3 aromatic rings. The maximum absolute atomic E-state index is 12.3. The van der Waals surface area contributed by atoms with Crippen LogP contribution in [0.25, 0.3) is 6.08 Å². The summed E-state index contributed by atoms with van der Waals surface area (Å²) < 4.78 is 16.6. The second kappa shape index (κ2) is 11.0. The van der Waals surface area contributed by atoms with Crippen molar-refractivity contribution >= 4 is 34.8 Å². The van der Waals surface area contributed by atoms with E-state index in [0.717, 1.165) is 5.56 Å². The lowest BCUT2D eigenvalue weighted by Crippen LogP contribution is -2.20. The van der Waals surface area contributed by atoms with Gasteiger partial charge in [-0.05, 0) is 54.3 Å². The van der Waals surface area contributed by atoms with Crippen LogP contribution >= 0.6 is 11.3 Å². The number of benzene rings is 2. The fraction of sp³-hybridized carbons (Fsp3) is 0.167. The van der Waals surface area contributed by atoms with Crippen LogP contribution in [0.1, 0.15) is 22.2 Å². The summed E-state index contributed by atoms with van der Waals surface area (Å²) in [5, 5.41) is 4.63. The zero-order valence-electron chi connectivity index (χ0n) is 17.3. The molecule has 1 N–H and O–H groups in total. The van der Waals surface area contributed by atoms with Crippen LogP contribution in [-0.2, 0) is 4.79 Å². The summed E-state index contributed by atoms with van der Waals surface area (Å²) in [6.07, 6.45) is 3.25. The van der Waals surface area contributed by atoms with Crippen LogP contribution in [0.5, 0.6) is 17.2 Å². The molecule has 0 aliphatic heterocycles. The highest BCUT2D eigenvalue weighted by molar-refractivity contribution is 7.12. The van der Waals surface area contributed by atoms with E-state index in [1.165, 1.54) is 17.4 Å². The van der Waals surface area contributed by atoms with Crippen molar-refractivity contribution in [3.05, 3.63) is 76.5 Å². The number of anilines is 1. The maximum Gasteiger partial charge on any atom is 0.262 e. The third-order valence-electron chi connectivity index (χ3n) is 4.20. The predicted octanol–water partition coefficient (Wildman–Crippen LogP) is 5.07. The molecule has 0 unspecified atom stereocenters. The number of ether oxygens (including phenoxy) is 3. The van der Waals surface area contributed by atoms with E-state index >= 15 is 0 Å². The van der Waals surface area contributed by atoms with E-state index in [4.69, 9.17) is 14.2 Å². The molecule has 0 fully saturated rings. The fourth-order valence-corrected chi connectivity index (χ4v) is 3.41. The molecule has 0 bridgehead atoms. The van der Waals surface area contributed by atoms with Gasteiger partial charge in [-0.25, -0.2) is 0 Å². The quantitative estimate of drug-likeness (QED) is 0.354. The van der Waals surface area contributed by atoms with Gasteiger partial charge in [0.1, 0.15) is 5.75 Å². The number of hydrogen-bond donors (Lipinski definition) is 1. The van der Waals surface area contributed by atoms with Gasteiger partial charge in [0.15, 0.2) is 23.9 Å². The van der Waals surface area contributed by atoms with Crippen molar-refractivity contribution in [1.29, 1.82) is 0 Å². The second-order valence-electron chi connectivity index (χ2n) is 6.35. The normalized spacial score (nSPS) is 10.6. The van der Waals surface area contributed by atoms with E-state index in [2.05, 4.69) is 5.32 Å². The molecule has 6 nitrogen and oxygen atoms in total. The molecule has 0 aliphatic rings. The molecule has 31 heavy (non-hydrogen) atoms. The fourth-order valence-electron chi connectivity index (χ4n) is 2.77. The number of ketones is 1. The number of amides is 1. The van der Waals surface area contributed by atoms with Crippen molar-refractivity contribution in [2.75, 3.05) is 25.6 Å². The molecule has 1 aromatic heterocycles. The average Bonchev–Trinajstić information content (AvgIpc) is 3.32. The van der Waals surface area contributed by atoms with Gasteiger partial charge in [0, 0.05) is 0 Å². The number of allylic oxidation sites excluding steroid dienone is 1. The summed E-state index contributed by atoms with van der Waals surface area (Å²) in [4.78, 5) is 25.1. The van der Waals surface area contributed by atoms with E-state index in [1.54, 1.807) is 49.6 Å². The number of methoxy groups -OCH3 is 1. The minimum Gasteiger partial charge on any atom is -0.495 e. The average molecular weight is 438 g/mol. The third kappa shape index (κ3) is 6.20. The van der Waals surface area contributed by atoms with Crippen molar-refractivity contribution in [3.63, 3.8) is 0 Å². The van der Waals surface area contributed by atoms with Crippen LogP contribution < -0.4 is 19.5 Å². The molecule has 160 valence electrons. The van der Waals surface area contributed by atoms with Gasteiger partial charge in [0.2, 0.25) is 0 Å². The first-order valence-electron chi connectivity index (χ1n) is 9.69. The minimum absolute atomic E-state index is 0.0544. The molecule has 0 saturated heterocycles. The highest BCUT2D eigenvalue weighted by Crippen LogP contribution is 2.29. The highest BCUT2D eigenvalue weighted by atomic mass is 32.1. The van der Waals surface area contributed by atoms with Crippen molar-refractivity contribution < 1.29 is 23.8 Å². The number of para-hydroxylation sites is 2. The van der Waals surface area contributed by atoms with Crippen LogP contribution in [-0.4, -0.2) is 32.0 Å². The van der Waals surface area contributed by atoms with Gasteiger partial charge in [-0.3, -0.25) is 9.59 Å². The SMILES string of the molecule is CCOc1cc(/C=C/C(=O)c2cccs2)ccc1OCC(=O)Nc1ccccc1OC. The molecular weight excluding hydrogens is 414 g/mol. The Morgan fingerprint density at radius 1 is 1.00 bits per heavy atom. The van der Waals surface area contributed by atoms with Crippen LogP contribution in [0, 0.1) is 0 Å². The van der Waals surface area contributed by atoms with Gasteiger partial charge in [-0.1, -0.05) is 30.3 Å². The third-order valence-corrected chi connectivity index (χ3v) is 5.08. The Hall–Kier alpha value is -3.58. The molecule has 3 rings (SSSR count). The van der Waals surface area contributed by atoms with Gasteiger partial charge in [0.25, 0.3) is 5.91 Å². The lowest BCUT2D eigenvalue weighted by atomic mass is 10.1. The largest absolute Gasteiger partial charge is 0.495 e. The summed E-state index contributed by atoms with van der Waals surface area (Å²) in [6.45, 7) is 2.11. The van der Waals surface area contributed by atoms with Gasteiger partial charge in [-0.2, -0.15) is 0 Å². The van der Waals surface area contributed by atoms with Crippen molar-refractivity contribution in [3.8, 4) is 17.2 Å². The number of carbonyl (C=O) groups excluding carboxylic acids is 2. The second-order valence-corrected chi connectivity index (χ2v) is 7.30. The number of thiophene rings is 1. The Morgan fingerprint density at radius 2 is 1.84 bits per heavy atom. The minimum atomic E-state index is -0.322. The number of hydrogen-bond acceptors (Lipinski definition) is 6. The van der Waals surface area contributed by atoms with Gasteiger partial charge in [0.05, 0.1) is 24.3 Å². The summed E-state index contributed by atoms with van der Waals surface area (Å²) in [5.41, 5.74) is 1.36. The Morgan fingerprint density at radius 3 is 2.58 bits per heavy atom. The first-order chi connectivity index (χ1) is 15.1. The van der Waals surface area contributed by atoms with E-state index in [9.17, 15) is 9.59 Å². The summed E-state index contributed by atoms with van der Waals surface area (Å²) in [5.74, 6) is 1.13. The summed E-state index contributed by atoms with van der Waals surface area (Å²) >= 11 is 1.40. The molecule has 0 radical (unpaired) electrons. The van der Waals surface area contributed by atoms with E-state index in [1.807, 2.05) is 30.5 Å². The number of rotatable bonds is 10. The van der Waals surface area contributed by atoms with Gasteiger partial charge in [-0.15, -0.1) is 11.3 Å². The Kier molecular flexibility index (Phi) is 7.84. The zero-order chi connectivity index (χ0) is 22.1. The zero-order valence-corrected chi connectivity index (χ0v) is 18.1. The van der Waals surface area contributed by atoms with Gasteiger partial charge >= 0.3 is 0 Å². The topological polar surface area (TPSA) is 73.9 Å². The standard InChI is InChI=1S/C24H23NO5S/c1-3-29-22-15-17(10-12-19(26)23-9-6-14-31-23)11-13-21(22)30-16-24(27)25-18-7-4-5-8-20(18)28-2/h4-15H,3,16H2,1-2H3,(H,25,27)/b12-10+.